The van der Waals surface area contributed by atoms with Gasteiger partial charge in [0.15, 0.2) is 0 Å². The average molecular weight is 228 g/mol. The number of amides is 1. The maximum atomic E-state index is 11.5. The van der Waals surface area contributed by atoms with Crippen LogP contribution < -0.4 is 10.6 Å². The van der Waals surface area contributed by atoms with E-state index in [1.807, 2.05) is 6.92 Å². The molecule has 1 saturated heterocycles. The summed E-state index contributed by atoms with van der Waals surface area (Å²) in [6, 6.07) is 0.476. The van der Waals surface area contributed by atoms with Gasteiger partial charge in [0, 0.05) is 32.2 Å². The number of hydrogen-bond donors (Lipinski definition) is 2. The van der Waals surface area contributed by atoms with Gasteiger partial charge >= 0.3 is 0 Å². The van der Waals surface area contributed by atoms with Crippen LogP contribution in [0.2, 0.25) is 0 Å². The van der Waals surface area contributed by atoms with Gasteiger partial charge in [0.05, 0.1) is 0 Å². The Morgan fingerprint density at radius 3 is 3.06 bits per heavy atom. The summed E-state index contributed by atoms with van der Waals surface area (Å²) in [6.45, 7) is 5.24. The highest BCUT2D eigenvalue weighted by atomic mass is 16.5. The molecular weight excluding hydrogens is 204 g/mol. The van der Waals surface area contributed by atoms with Crippen LogP contribution in [0.1, 0.15) is 39.0 Å². The number of carbonyl (C=O) groups excluding carboxylic acids is 1. The maximum absolute atomic E-state index is 11.5. The van der Waals surface area contributed by atoms with E-state index in [2.05, 4.69) is 10.6 Å². The molecule has 1 fully saturated rings. The summed E-state index contributed by atoms with van der Waals surface area (Å²) in [5.41, 5.74) is 0. The van der Waals surface area contributed by atoms with Gasteiger partial charge in [-0.25, -0.2) is 0 Å². The molecule has 2 N–H and O–H groups in total. The zero-order valence-corrected chi connectivity index (χ0v) is 10.3. The highest BCUT2D eigenvalue weighted by Crippen LogP contribution is 2.05. The van der Waals surface area contributed by atoms with Gasteiger partial charge < -0.3 is 15.4 Å². The summed E-state index contributed by atoms with van der Waals surface area (Å²) in [4.78, 5) is 11.5. The van der Waals surface area contributed by atoms with Crippen LogP contribution in [-0.2, 0) is 9.53 Å². The van der Waals surface area contributed by atoms with Gasteiger partial charge in [-0.15, -0.1) is 0 Å². The standard InChI is InChI=1S/C12H24N2O2/c1-2-16-9-5-7-12(15)14-10-11-6-3-4-8-13-11/h11,13H,2-10H2,1H3,(H,14,15). The molecule has 0 aromatic heterocycles. The lowest BCUT2D eigenvalue weighted by Crippen LogP contribution is -2.43. The van der Waals surface area contributed by atoms with Crippen LogP contribution in [0.5, 0.6) is 0 Å². The number of carbonyl (C=O) groups is 1. The Hall–Kier alpha value is -0.610. The van der Waals surface area contributed by atoms with E-state index in [-0.39, 0.29) is 5.91 Å². The molecule has 4 heteroatoms. The van der Waals surface area contributed by atoms with E-state index < -0.39 is 0 Å². The third-order valence-corrected chi connectivity index (χ3v) is 2.85. The molecule has 0 spiro atoms. The number of nitrogens with one attached hydrogen (secondary N) is 2. The van der Waals surface area contributed by atoms with Crippen molar-refractivity contribution in [1.29, 1.82) is 0 Å². The number of rotatable bonds is 7. The van der Waals surface area contributed by atoms with Gasteiger partial charge in [0.1, 0.15) is 0 Å². The summed E-state index contributed by atoms with van der Waals surface area (Å²) in [5.74, 6) is 0.145. The molecule has 4 nitrogen and oxygen atoms in total. The number of hydrogen-bond acceptors (Lipinski definition) is 3. The lowest BCUT2D eigenvalue weighted by molar-refractivity contribution is -0.121. The predicted octanol–water partition coefficient (Wildman–Crippen LogP) is 1.06. The van der Waals surface area contributed by atoms with Crippen molar-refractivity contribution < 1.29 is 9.53 Å². The molecule has 94 valence electrons. The Balaban J connectivity index is 1.96. The van der Waals surface area contributed by atoms with Crippen molar-refractivity contribution in [2.45, 2.75) is 45.1 Å². The largest absolute Gasteiger partial charge is 0.382 e. The third kappa shape index (κ3) is 6.08. The van der Waals surface area contributed by atoms with Gasteiger partial charge in [-0.2, -0.15) is 0 Å². The molecule has 1 aliphatic heterocycles. The van der Waals surface area contributed by atoms with Crippen LogP contribution in [0.15, 0.2) is 0 Å². The van der Waals surface area contributed by atoms with E-state index in [1.54, 1.807) is 0 Å². The normalized spacial score (nSPS) is 20.7. The van der Waals surface area contributed by atoms with Crippen LogP contribution >= 0.6 is 0 Å². The zero-order chi connectivity index (χ0) is 11.6. The first-order chi connectivity index (χ1) is 7.83. The second-order valence-electron chi connectivity index (χ2n) is 4.25. The van der Waals surface area contributed by atoms with Gasteiger partial charge in [-0.05, 0) is 32.7 Å². The second-order valence-corrected chi connectivity index (χ2v) is 4.25. The first-order valence-electron chi connectivity index (χ1n) is 6.40. The molecule has 0 aromatic carbocycles. The van der Waals surface area contributed by atoms with Gasteiger partial charge in [0.2, 0.25) is 5.91 Å². The zero-order valence-electron chi connectivity index (χ0n) is 10.3. The molecule has 0 aliphatic carbocycles. The van der Waals surface area contributed by atoms with Crippen molar-refractivity contribution in [2.75, 3.05) is 26.3 Å². The highest BCUT2D eigenvalue weighted by Gasteiger charge is 2.12. The van der Waals surface area contributed by atoms with E-state index in [0.29, 0.717) is 19.1 Å². The SMILES string of the molecule is CCOCCCC(=O)NCC1CCCCN1. The molecule has 1 amide bonds. The van der Waals surface area contributed by atoms with E-state index in [4.69, 9.17) is 4.74 Å². The van der Waals surface area contributed by atoms with E-state index >= 15 is 0 Å². The second kappa shape index (κ2) is 8.53. The fraction of sp³-hybridized carbons (Fsp3) is 0.917. The summed E-state index contributed by atoms with van der Waals surface area (Å²) in [7, 11) is 0. The first-order valence-corrected chi connectivity index (χ1v) is 6.40. The van der Waals surface area contributed by atoms with Crippen LogP contribution in [0.3, 0.4) is 0 Å². The summed E-state index contributed by atoms with van der Waals surface area (Å²) in [6.07, 6.45) is 5.11. The van der Waals surface area contributed by atoms with Gasteiger partial charge in [0.25, 0.3) is 0 Å². The lowest BCUT2D eigenvalue weighted by atomic mass is 10.1. The fourth-order valence-corrected chi connectivity index (χ4v) is 1.90. The molecule has 1 aliphatic rings. The van der Waals surface area contributed by atoms with Gasteiger partial charge in [-0.3, -0.25) is 4.79 Å². The number of ether oxygens (including phenoxy) is 1. The fourth-order valence-electron chi connectivity index (χ4n) is 1.90. The monoisotopic (exact) mass is 228 g/mol. The predicted molar refractivity (Wildman–Crippen MR) is 64.4 cm³/mol. The highest BCUT2D eigenvalue weighted by molar-refractivity contribution is 5.75. The molecule has 1 atom stereocenters. The minimum absolute atomic E-state index is 0.145. The van der Waals surface area contributed by atoms with Crippen LogP contribution in [0, 0.1) is 0 Å². The molecule has 0 bridgehead atoms. The van der Waals surface area contributed by atoms with Gasteiger partial charge in [-0.1, -0.05) is 6.42 Å². The summed E-state index contributed by atoms with van der Waals surface area (Å²) >= 11 is 0. The molecule has 0 radical (unpaired) electrons. The average Bonchev–Trinajstić information content (AvgIpc) is 2.33. The van der Waals surface area contributed by atoms with Crippen molar-refractivity contribution in [1.82, 2.24) is 10.6 Å². The molecular formula is C12H24N2O2. The quantitative estimate of drug-likeness (QED) is 0.641. The molecule has 0 aromatic rings. The molecule has 1 heterocycles. The van der Waals surface area contributed by atoms with Crippen LogP contribution in [0.4, 0.5) is 0 Å². The van der Waals surface area contributed by atoms with Crippen LogP contribution in [-0.4, -0.2) is 38.3 Å². The minimum Gasteiger partial charge on any atom is -0.382 e. The molecule has 0 saturated carbocycles. The Bertz CT molecular complexity index is 191. The Kier molecular flexibility index (Phi) is 7.17. The summed E-state index contributed by atoms with van der Waals surface area (Å²) in [5, 5.41) is 6.38. The third-order valence-electron chi connectivity index (χ3n) is 2.85. The van der Waals surface area contributed by atoms with E-state index in [0.717, 1.165) is 26.1 Å². The topological polar surface area (TPSA) is 50.4 Å². The number of piperidine rings is 1. The van der Waals surface area contributed by atoms with Crippen molar-refractivity contribution in [3.63, 3.8) is 0 Å². The van der Waals surface area contributed by atoms with E-state index in [1.165, 1.54) is 19.3 Å². The first kappa shape index (κ1) is 13.5. The van der Waals surface area contributed by atoms with Crippen molar-refractivity contribution in [3.05, 3.63) is 0 Å². The van der Waals surface area contributed by atoms with E-state index in [9.17, 15) is 4.79 Å². The Morgan fingerprint density at radius 1 is 1.50 bits per heavy atom. The van der Waals surface area contributed by atoms with Crippen LogP contribution in [0.25, 0.3) is 0 Å². The Labute approximate surface area is 98.1 Å². The molecule has 1 rings (SSSR count). The Morgan fingerprint density at radius 2 is 2.38 bits per heavy atom. The van der Waals surface area contributed by atoms with Crippen molar-refractivity contribution in [2.24, 2.45) is 0 Å². The summed E-state index contributed by atoms with van der Waals surface area (Å²) < 4.78 is 5.19. The maximum Gasteiger partial charge on any atom is 0.220 e. The molecule has 16 heavy (non-hydrogen) atoms. The smallest absolute Gasteiger partial charge is 0.220 e. The van der Waals surface area contributed by atoms with Crippen molar-refractivity contribution in [3.8, 4) is 0 Å². The minimum atomic E-state index is 0.145. The lowest BCUT2D eigenvalue weighted by Gasteiger charge is -2.23. The molecule has 1 unspecified atom stereocenters. The van der Waals surface area contributed by atoms with Crippen molar-refractivity contribution >= 4 is 5.91 Å².